The molecular formula is C27H25ClO6. The predicted molar refractivity (Wildman–Crippen MR) is 132 cm³/mol. The average molecular weight is 481 g/mol. The number of halogens is 1. The van der Waals surface area contributed by atoms with Crippen molar-refractivity contribution in [3.63, 3.8) is 0 Å². The Hall–Kier alpha value is -3.51. The fourth-order valence-electron chi connectivity index (χ4n) is 3.96. The second-order valence-corrected chi connectivity index (χ2v) is 8.43. The van der Waals surface area contributed by atoms with Gasteiger partial charge in [0.25, 0.3) is 0 Å². The van der Waals surface area contributed by atoms with Crippen LogP contribution in [-0.2, 0) is 11.3 Å². The van der Waals surface area contributed by atoms with Crippen LogP contribution in [0.2, 0.25) is 5.02 Å². The summed E-state index contributed by atoms with van der Waals surface area (Å²) in [6.07, 6.45) is 0.794. The van der Waals surface area contributed by atoms with E-state index in [9.17, 15) is 9.59 Å². The first-order valence-electron chi connectivity index (χ1n) is 11.0. The smallest absolute Gasteiger partial charge is 0.338 e. The number of carbonyl (C=O) groups is 1. The number of benzene rings is 3. The highest BCUT2D eigenvalue weighted by Crippen LogP contribution is 2.44. The molecule has 0 bridgehead atoms. The van der Waals surface area contributed by atoms with Gasteiger partial charge in [-0.1, -0.05) is 43.6 Å². The van der Waals surface area contributed by atoms with E-state index in [1.165, 1.54) is 20.3 Å². The topological polar surface area (TPSA) is 75.0 Å². The Kier molecular flexibility index (Phi) is 6.80. The Balaban J connectivity index is 1.99. The Labute approximate surface area is 202 Å². The van der Waals surface area contributed by atoms with Crippen molar-refractivity contribution >= 4 is 39.3 Å². The summed E-state index contributed by atoms with van der Waals surface area (Å²) < 4.78 is 23.0. The summed E-state index contributed by atoms with van der Waals surface area (Å²) in [5.41, 5.74) is 1.01. The number of ether oxygens (including phenoxy) is 3. The lowest BCUT2D eigenvalue weighted by molar-refractivity contribution is 0.0474. The van der Waals surface area contributed by atoms with Crippen molar-refractivity contribution in [2.45, 2.75) is 32.8 Å². The molecule has 4 aromatic rings. The largest absolute Gasteiger partial charge is 0.496 e. The van der Waals surface area contributed by atoms with Crippen LogP contribution in [0.15, 0.2) is 57.7 Å². The van der Waals surface area contributed by atoms with E-state index in [1.807, 2.05) is 19.9 Å². The first-order chi connectivity index (χ1) is 16.4. The van der Waals surface area contributed by atoms with Gasteiger partial charge in [-0.05, 0) is 24.6 Å². The van der Waals surface area contributed by atoms with Crippen molar-refractivity contribution in [1.82, 2.24) is 0 Å². The zero-order chi connectivity index (χ0) is 24.4. The molecule has 0 amide bonds. The van der Waals surface area contributed by atoms with Gasteiger partial charge in [-0.15, -0.1) is 0 Å². The van der Waals surface area contributed by atoms with E-state index >= 15 is 0 Å². The van der Waals surface area contributed by atoms with Crippen LogP contribution >= 0.6 is 11.6 Å². The summed E-state index contributed by atoms with van der Waals surface area (Å²) >= 11 is 6.47. The van der Waals surface area contributed by atoms with Crippen molar-refractivity contribution in [3.05, 3.63) is 80.7 Å². The molecule has 1 atom stereocenters. The molecule has 0 aliphatic heterocycles. The van der Waals surface area contributed by atoms with Gasteiger partial charge in [0.2, 0.25) is 0 Å². The van der Waals surface area contributed by atoms with Gasteiger partial charge >= 0.3 is 5.97 Å². The van der Waals surface area contributed by atoms with E-state index in [0.717, 1.165) is 6.42 Å². The van der Waals surface area contributed by atoms with Crippen molar-refractivity contribution in [2.24, 2.45) is 0 Å². The fourth-order valence-corrected chi connectivity index (χ4v) is 4.23. The zero-order valence-electron chi connectivity index (χ0n) is 19.4. The molecule has 0 aliphatic rings. The van der Waals surface area contributed by atoms with Gasteiger partial charge in [-0.2, -0.15) is 0 Å². The Bertz CT molecular complexity index is 1420. The SMILES string of the molecule is CC[C@@H](C)c1cc(=O)c2c(COC(=O)c3ccccc3)cc3c(OC)cc(Cl)c(OC)c3c2o1. The first kappa shape index (κ1) is 23.6. The number of esters is 1. The molecule has 0 radical (unpaired) electrons. The highest BCUT2D eigenvalue weighted by molar-refractivity contribution is 6.34. The highest BCUT2D eigenvalue weighted by Gasteiger charge is 2.23. The minimum absolute atomic E-state index is 0.0267. The summed E-state index contributed by atoms with van der Waals surface area (Å²) in [5, 5.41) is 1.80. The van der Waals surface area contributed by atoms with Crippen molar-refractivity contribution in [3.8, 4) is 11.5 Å². The van der Waals surface area contributed by atoms with E-state index in [0.29, 0.717) is 55.2 Å². The van der Waals surface area contributed by atoms with Gasteiger partial charge in [0.1, 0.15) is 29.4 Å². The summed E-state index contributed by atoms with van der Waals surface area (Å²) in [5.74, 6) is 0.948. The fraction of sp³-hybridized carbons (Fsp3) is 0.259. The van der Waals surface area contributed by atoms with E-state index in [1.54, 1.807) is 36.4 Å². The van der Waals surface area contributed by atoms with Gasteiger partial charge in [0.05, 0.1) is 35.6 Å². The highest BCUT2D eigenvalue weighted by atomic mass is 35.5. The quantitative estimate of drug-likeness (QED) is 0.222. The number of hydrogen-bond acceptors (Lipinski definition) is 6. The molecule has 7 heteroatoms. The van der Waals surface area contributed by atoms with Gasteiger partial charge in [-0.25, -0.2) is 4.79 Å². The summed E-state index contributed by atoms with van der Waals surface area (Å²) in [6.45, 7) is 3.89. The number of carbonyl (C=O) groups excluding carboxylic acids is 1. The molecule has 0 unspecified atom stereocenters. The van der Waals surface area contributed by atoms with Crippen molar-refractivity contribution in [1.29, 1.82) is 0 Å². The lowest BCUT2D eigenvalue weighted by atomic mass is 9.98. The number of hydrogen-bond donors (Lipinski definition) is 0. The second-order valence-electron chi connectivity index (χ2n) is 8.02. The molecule has 1 heterocycles. The van der Waals surface area contributed by atoms with Crippen LogP contribution in [0, 0.1) is 0 Å². The van der Waals surface area contributed by atoms with Crippen LogP contribution in [0.1, 0.15) is 47.9 Å². The Morgan fingerprint density at radius 1 is 1.06 bits per heavy atom. The second kappa shape index (κ2) is 9.77. The van der Waals surface area contributed by atoms with Gasteiger partial charge in [-0.3, -0.25) is 4.79 Å². The minimum atomic E-state index is -0.491. The third-order valence-electron chi connectivity index (χ3n) is 5.96. The predicted octanol–water partition coefficient (Wildman–Crippen LogP) is 6.49. The number of rotatable bonds is 7. The molecule has 0 saturated carbocycles. The molecule has 6 nitrogen and oxygen atoms in total. The van der Waals surface area contributed by atoms with Crippen LogP contribution in [0.4, 0.5) is 0 Å². The Morgan fingerprint density at radius 2 is 1.79 bits per heavy atom. The Morgan fingerprint density at radius 3 is 2.44 bits per heavy atom. The molecule has 34 heavy (non-hydrogen) atoms. The van der Waals surface area contributed by atoms with Gasteiger partial charge in [0.15, 0.2) is 5.43 Å². The molecule has 1 aromatic heterocycles. The van der Waals surface area contributed by atoms with E-state index in [-0.39, 0.29) is 18.0 Å². The van der Waals surface area contributed by atoms with E-state index in [2.05, 4.69) is 0 Å². The maximum atomic E-state index is 13.3. The van der Waals surface area contributed by atoms with Crippen LogP contribution in [0.5, 0.6) is 11.5 Å². The van der Waals surface area contributed by atoms with Crippen molar-refractivity contribution < 1.29 is 23.4 Å². The molecule has 0 N–H and O–H groups in total. The van der Waals surface area contributed by atoms with Gasteiger partial charge < -0.3 is 18.6 Å². The molecule has 0 spiro atoms. The van der Waals surface area contributed by atoms with Crippen molar-refractivity contribution in [2.75, 3.05) is 14.2 Å². The average Bonchev–Trinajstić information content (AvgIpc) is 2.86. The molecule has 176 valence electrons. The van der Waals surface area contributed by atoms with Crippen LogP contribution in [-0.4, -0.2) is 20.2 Å². The molecule has 0 fully saturated rings. The van der Waals surface area contributed by atoms with E-state index < -0.39 is 5.97 Å². The summed E-state index contributed by atoms with van der Waals surface area (Å²) in [7, 11) is 3.04. The molecule has 0 aliphatic carbocycles. The third-order valence-corrected chi connectivity index (χ3v) is 6.24. The molecule has 0 saturated heterocycles. The lowest BCUT2D eigenvalue weighted by Gasteiger charge is -2.17. The molecular weight excluding hydrogens is 456 g/mol. The maximum Gasteiger partial charge on any atom is 0.338 e. The van der Waals surface area contributed by atoms with Crippen LogP contribution in [0.25, 0.3) is 21.7 Å². The lowest BCUT2D eigenvalue weighted by Crippen LogP contribution is -2.11. The summed E-state index contributed by atoms with van der Waals surface area (Å²) in [6, 6.07) is 13.6. The maximum absolute atomic E-state index is 13.3. The third kappa shape index (κ3) is 4.21. The van der Waals surface area contributed by atoms with Gasteiger partial charge in [0, 0.05) is 29.0 Å². The van der Waals surface area contributed by atoms with Crippen LogP contribution < -0.4 is 14.9 Å². The number of fused-ring (bicyclic) bond motifs is 3. The zero-order valence-corrected chi connectivity index (χ0v) is 20.2. The number of methoxy groups -OCH3 is 2. The van der Waals surface area contributed by atoms with E-state index in [4.69, 9.17) is 30.2 Å². The normalized spacial score (nSPS) is 12.0. The standard InChI is InChI=1S/C27H25ClO6/c1-5-15(2)21-13-20(29)23-17(14-33-27(30)16-9-7-6-8-10-16)11-18-22(31-3)12-19(28)25(32-4)24(18)26(23)34-21/h6-13,15H,5,14H2,1-4H3/t15-/m1/s1. The molecule has 3 aromatic carbocycles. The minimum Gasteiger partial charge on any atom is -0.496 e. The summed E-state index contributed by atoms with van der Waals surface area (Å²) in [4.78, 5) is 25.9. The monoisotopic (exact) mass is 480 g/mol. The first-order valence-corrected chi connectivity index (χ1v) is 11.3. The molecule has 4 rings (SSSR count). The van der Waals surface area contributed by atoms with Crippen LogP contribution in [0.3, 0.4) is 0 Å².